The summed E-state index contributed by atoms with van der Waals surface area (Å²) in [5.41, 5.74) is 0. The first-order valence-corrected chi connectivity index (χ1v) is 30.1. The van der Waals surface area contributed by atoms with Crippen LogP contribution in [-0.4, -0.2) is 87.5 Å². The van der Waals surface area contributed by atoms with Crippen LogP contribution in [0.5, 0.6) is 0 Å². The lowest BCUT2D eigenvalue weighted by Crippen LogP contribution is -2.60. The summed E-state index contributed by atoms with van der Waals surface area (Å²) in [7, 11) is 0. The lowest BCUT2D eigenvalue weighted by molar-refractivity contribution is -0.302. The molecular formula is C60H115NO8. The van der Waals surface area contributed by atoms with Gasteiger partial charge in [-0.15, -0.1) is 0 Å². The highest BCUT2D eigenvalue weighted by Gasteiger charge is 2.44. The van der Waals surface area contributed by atoms with Gasteiger partial charge in [-0.2, -0.15) is 0 Å². The van der Waals surface area contributed by atoms with Crippen molar-refractivity contribution in [2.75, 3.05) is 13.2 Å². The molecule has 0 aromatic carbocycles. The molecule has 1 heterocycles. The summed E-state index contributed by atoms with van der Waals surface area (Å²) in [5.74, 6) is -0.181. The Morgan fingerprint density at radius 3 is 1.22 bits per heavy atom. The minimum Gasteiger partial charge on any atom is -0.394 e. The van der Waals surface area contributed by atoms with E-state index in [0.29, 0.717) is 6.42 Å². The van der Waals surface area contributed by atoms with Crippen molar-refractivity contribution in [3.8, 4) is 0 Å². The van der Waals surface area contributed by atoms with Crippen LogP contribution < -0.4 is 5.32 Å². The van der Waals surface area contributed by atoms with Gasteiger partial charge in [-0.25, -0.2) is 0 Å². The number of unbranched alkanes of at least 4 members (excludes halogenated alkanes) is 40. The van der Waals surface area contributed by atoms with Gasteiger partial charge in [0.2, 0.25) is 5.91 Å². The Labute approximate surface area is 426 Å². The molecule has 1 fully saturated rings. The zero-order chi connectivity index (χ0) is 50.1. The molecule has 9 nitrogen and oxygen atoms in total. The van der Waals surface area contributed by atoms with Crippen molar-refractivity contribution < 1.29 is 39.8 Å². The molecule has 0 radical (unpaired) electrons. The molecule has 7 unspecified atom stereocenters. The number of amides is 1. The van der Waals surface area contributed by atoms with Crippen molar-refractivity contribution in [1.82, 2.24) is 5.32 Å². The molecule has 69 heavy (non-hydrogen) atoms. The first-order chi connectivity index (χ1) is 33.8. The van der Waals surface area contributed by atoms with Gasteiger partial charge in [0.1, 0.15) is 24.4 Å². The Morgan fingerprint density at radius 1 is 0.478 bits per heavy atom. The second-order valence-electron chi connectivity index (χ2n) is 21.1. The molecule has 1 amide bonds. The zero-order valence-corrected chi connectivity index (χ0v) is 45.3. The Balaban J connectivity index is 2.20. The molecule has 408 valence electrons. The lowest BCUT2D eigenvalue weighted by Gasteiger charge is -2.40. The predicted molar refractivity (Wildman–Crippen MR) is 290 cm³/mol. The summed E-state index contributed by atoms with van der Waals surface area (Å²) in [6, 6.07) is -0.818. The van der Waals surface area contributed by atoms with Crippen LogP contribution in [0, 0.1) is 0 Å². The molecule has 0 saturated carbocycles. The van der Waals surface area contributed by atoms with Gasteiger partial charge in [0.05, 0.1) is 25.4 Å². The van der Waals surface area contributed by atoms with E-state index in [0.717, 1.165) is 38.5 Å². The summed E-state index contributed by atoms with van der Waals surface area (Å²) in [5, 5.41) is 54.5. The van der Waals surface area contributed by atoms with Crippen LogP contribution in [0.2, 0.25) is 0 Å². The van der Waals surface area contributed by atoms with E-state index in [4.69, 9.17) is 9.47 Å². The van der Waals surface area contributed by atoms with Crippen LogP contribution in [0.4, 0.5) is 0 Å². The van der Waals surface area contributed by atoms with Crippen LogP contribution >= 0.6 is 0 Å². The zero-order valence-electron chi connectivity index (χ0n) is 45.3. The van der Waals surface area contributed by atoms with Crippen molar-refractivity contribution >= 4 is 5.91 Å². The highest BCUT2D eigenvalue weighted by Crippen LogP contribution is 2.23. The predicted octanol–water partition coefficient (Wildman–Crippen LogP) is 15.0. The maximum atomic E-state index is 13.0. The number of aliphatic hydroxyl groups is 5. The molecule has 0 aromatic heterocycles. The van der Waals surface area contributed by atoms with Gasteiger partial charge in [0, 0.05) is 6.42 Å². The Morgan fingerprint density at radius 2 is 0.826 bits per heavy atom. The average molecular weight is 979 g/mol. The van der Waals surface area contributed by atoms with Gasteiger partial charge in [0.25, 0.3) is 0 Å². The molecule has 1 rings (SSSR count). The van der Waals surface area contributed by atoms with E-state index in [1.165, 1.54) is 238 Å². The Hall–Kier alpha value is -1.33. The minimum atomic E-state index is -1.57. The number of hydrogen-bond acceptors (Lipinski definition) is 8. The molecule has 1 saturated heterocycles. The Kier molecular flexibility index (Phi) is 47.8. The number of nitrogens with one attached hydrogen (secondary N) is 1. The first-order valence-electron chi connectivity index (χ1n) is 30.1. The van der Waals surface area contributed by atoms with Gasteiger partial charge in [0.15, 0.2) is 6.29 Å². The average Bonchev–Trinajstić information content (AvgIpc) is 3.35. The fourth-order valence-electron chi connectivity index (χ4n) is 9.76. The largest absolute Gasteiger partial charge is 0.394 e. The molecule has 0 bridgehead atoms. The molecule has 1 aliphatic heterocycles. The molecule has 7 atom stereocenters. The Bertz CT molecular complexity index is 1130. The first kappa shape index (κ1) is 65.7. The van der Waals surface area contributed by atoms with Crippen LogP contribution in [0.3, 0.4) is 0 Å². The molecule has 0 aliphatic carbocycles. The van der Waals surface area contributed by atoms with Gasteiger partial charge < -0.3 is 40.3 Å². The number of carbonyl (C=O) groups excluding carboxylic acids is 1. The van der Waals surface area contributed by atoms with E-state index >= 15 is 0 Å². The maximum Gasteiger partial charge on any atom is 0.220 e. The fourth-order valence-corrected chi connectivity index (χ4v) is 9.76. The smallest absolute Gasteiger partial charge is 0.220 e. The van der Waals surface area contributed by atoms with Crippen LogP contribution in [-0.2, 0) is 14.3 Å². The summed E-state index contributed by atoms with van der Waals surface area (Å²) in [6.45, 7) is 3.80. The summed E-state index contributed by atoms with van der Waals surface area (Å²) in [4.78, 5) is 13.0. The summed E-state index contributed by atoms with van der Waals surface area (Å²) < 4.78 is 11.3. The number of carbonyl (C=O) groups is 1. The summed E-state index contributed by atoms with van der Waals surface area (Å²) in [6.07, 6.45) is 56.9. The van der Waals surface area contributed by atoms with E-state index in [1.807, 2.05) is 6.08 Å². The van der Waals surface area contributed by atoms with Crippen LogP contribution in [0.15, 0.2) is 24.3 Å². The molecule has 9 heteroatoms. The second kappa shape index (κ2) is 50.2. The van der Waals surface area contributed by atoms with Crippen LogP contribution in [0.1, 0.15) is 296 Å². The van der Waals surface area contributed by atoms with E-state index in [-0.39, 0.29) is 12.5 Å². The third-order valence-corrected chi connectivity index (χ3v) is 14.5. The monoisotopic (exact) mass is 978 g/mol. The van der Waals surface area contributed by atoms with Crippen molar-refractivity contribution in [3.05, 3.63) is 24.3 Å². The number of allylic oxidation sites excluding steroid dienone is 3. The van der Waals surface area contributed by atoms with Gasteiger partial charge >= 0.3 is 0 Å². The van der Waals surface area contributed by atoms with E-state index in [9.17, 15) is 30.3 Å². The van der Waals surface area contributed by atoms with E-state index < -0.39 is 49.5 Å². The molecule has 6 N–H and O–H groups in total. The summed E-state index contributed by atoms with van der Waals surface area (Å²) >= 11 is 0. The van der Waals surface area contributed by atoms with Crippen LogP contribution in [0.25, 0.3) is 0 Å². The molecule has 0 spiro atoms. The third kappa shape index (κ3) is 39.8. The number of ether oxygens (including phenoxy) is 2. The van der Waals surface area contributed by atoms with Gasteiger partial charge in [-0.1, -0.05) is 282 Å². The SMILES string of the molecule is CCCCCCCCCCCCCCCCCCCCCCCCC/C=C/CC/C=C/C(O)C(COC1OC(CO)C(O)C(O)C1O)NC(=O)CCCCCCCCCCCCCCCCCCC. The minimum absolute atomic E-state index is 0.181. The van der Waals surface area contributed by atoms with E-state index in [1.54, 1.807) is 6.08 Å². The maximum absolute atomic E-state index is 13.0. The normalized spacial score (nSPS) is 19.6. The molecule has 0 aromatic rings. The lowest BCUT2D eigenvalue weighted by atomic mass is 9.99. The van der Waals surface area contributed by atoms with E-state index in [2.05, 4.69) is 31.3 Å². The van der Waals surface area contributed by atoms with Crippen molar-refractivity contribution in [2.24, 2.45) is 0 Å². The fraction of sp³-hybridized carbons (Fsp3) is 0.917. The highest BCUT2D eigenvalue weighted by molar-refractivity contribution is 5.76. The topological polar surface area (TPSA) is 149 Å². The third-order valence-electron chi connectivity index (χ3n) is 14.5. The standard InChI is InChI=1S/C60H115NO8/c1-3-5-7-9-11-13-15-17-19-21-22-23-24-25-26-27-28-29-30-31-32-34-35-37-39-41-43-45-47-49-54(63)53(52-68-60-59(67)58(66)57(65)55(51-62)69-60)61-56(64)50-48-46-44-42-40-38-36-33-20-18-16-14-12-10-8-6-4-2/h39,41,47,49,53-55,57-60,62-63,65-67H,3-38,40,42-46,48,50-52H2,1-2H3,(H,61,64)/b41-39+,49-47+. The number of rotatable bonds is 52. The number of aliphatic hydroxyl groups excluding tert-OH is 5. The van der Waals surface area contributed by atoms with Crippen molar-refractivity contribution in [1.29, 1.82) is 0 Å². The van der Waals surface area contributed by atoms with Gasteiger partial charge in [-0.3, -0.25) is 4.79 Å². The second-order valence-corrected chi connectivity index (χ2v) is 21.1. The molecular weight excluding hydrogens is 863 g/mol. The quantitative estimate of drug-likeness (QED) is 0.0261. The highest BCUT2D eigenvalue weighted by atomic mass is 16.7. The van der Waals surface area contributed by atoms with Gasteiger partial charge in [-0.05, 0) is 32.1 Å². The molecule has 1 aliphatic rings. The van der Waals surface area contributed by atoms with Crippen molar-refractivity contribution in [3.63, 3.8) is 0 Å². The van der Waals surface area contributed by atoms with Crippen molar-refractivity contribution in [2.45, 2.75) is 339 Å². The number of hydrogen-bond donors (Lipinski definition) is 6.